The van der Waals surface area contributed by atoms with Crippen molar-refractivity contribution in [3.8, 4) is 0 Å². The summed E-state index contributed by atoms with van der Waals surface area (Å²) in [6, 6.07) is 17.3. The van der Waals surface area contributed by atoms with Gasteiger partial charge in [-0.05, 0) is 35.7 Å². The Morgan fingerprint density at radius 2 is 1.61 bits per heavy atom. The maximum Gasteiger partial charge on any atom is 0.336 e. The number of nitrogens with one attached hydrogen (secondary N) is 1. The maximum absolute atomic E-state index is 12.6. The average Bonchev–Trinajstić information content (AvgIpc) is 2.55. The number of carbonyl (C=O) groups is 2. The maximum atomic E-state index is 12.6. The number of aromatic carboxylic acids is 1. The van der Waals surface area contributed by atoms with Crippen LogP contribution in [0.2, 0.25) is 0 Å². The van der Waals surface area contributed by atoms with Gasteiger partial charge in [-0.25, -0.2) is 4.79 Å². The lowest BCUT2D eigenvalue weighted by atomic mass is 9.98. The van der Waals surface area contributed by atoms with E-state index < -0.39 is 5.97 Å². The first-order chi connectivity index (χ1) is 11.1. The van der Waals surface area contributed by atoms with E-state index in [-0.39, 0.29) is 11.5 Å². The van der Waals surface area contributed by atoms with Crippen molar-refractivity contribution >= 4 is 44.3 Å². The summed E-state index contributed by atoms with van der Waals surface area (Å²) in [6.45, 7) is 0. The number of rotatable bonds is 3. The van der Waals surface area contributed by atoms with Crippen LogP contribution in [0.1, 0.15) is 20.7 Å². The summed E-state index contributed by atoms with van der Waals surface area (Å²) in [7, 11) is 0. The SMILES string of the molecule is O=C(O)c1cccc2c(Br)ccc(C(=O)Nc3ccccc3)c12. The zero-order valence-electron chi connectivity index (χ0n) is 11.9. The third-order valence-corrected chi connectivity index (χ3v) is 4.19. The minimum absolute atomic E-state index is 0.0991. The Morgan fingerprint density at radius 1 is 0.870 bits per heavy atom. The summed E-state index contributed by atoms with van der Waals surface area (Å²) in [5, 5.41) is 13.3. The van der Waals surface area contributed by atoms with E-state index in [1.165, 1.54) is 6.07 Å². The van der Waals surface area contributed by atoms with Crippen LogP contribution in [0.5, 0.6) is 0 Å². The van der Waals surface area contributed by atoms with Crippen molar-refractivity contribution in [3.05, 3.63) is 76.3 Å². The van der Waals surface area contributed by atoms with Crippen LogP contribution in [0, 0.1) is 0 Å². The van der Waals surface area contributed by atoms with Crippen molar-refractivity contribution in [2.45, 2.75) is 0 Å². The van der Waals surface area contributed by atoms with Gasteiger partial charge in [0.05, 0.1) is 5.56 Å². The number of halogens is 1. The van der Waals surface area contributed by atoms with Gasteiger partial charge < -0.3 is 10.4 Å². The molecule has 23 heavy (non-hydrogen) atoms. The van der Waals surface area contributed by atoms with Gasteiger partial charge in [0.2, 0.25) is 0 Å². The second kappa shape index (κ2) is 6.22. The van der Waals surface area contributed by atoms with Gasteiger partial charge in [-0.1, -0.05) is 46.3 Å². The first kappa shape index (κ1) is 15.2. The highest BCUT2D eigenvalue weighted by atomic mass is 79.9. The third-order valence-electron chi connectivity index (χ3n) is 3.49. The lowest BCUT2D eigenvalue weighted by Crippen LogP contribution is -2.13. The summed E-state index contributed by atoms with van der Waals surface area (Å²) >= 11 is 3.41. The normalized spacial score (nSPS) is 10.5. The summed E-state index contributed by atoms with van der Waals surface area (Å²) < 4.78 is 0.742. The van der Waals surface area contributed by atoms with E-state index in [9.17, 15) is 14.7 Å². The van der Waals surface area contributed by atoms with Crippen molar-refractivity contribution in [3.63, 3.8) is 0 Å². The van der Waals surface area contributed by atoms with E-state index in [0.29, 0.717) is 22.0 Å². The minimum Gasteiger partial charge on any atom is -0.478 e. The fraction of sp³-hybridized carbons (Fsp3) is 0. The molecular formula is C18H12BrNO3. The Bertz CT molecular complexity index is 907. The lowest BCUT2D eigenvalue weighted by Gasteiger charge is -2.11. The van der Waals surface area contributed by atoms with Crippen LogP contribution in [0.4, 0.5) is 5.69 Å². The fourth-order valence-electron chi connectivity index (χ4n) is 2.46. The van der Waals surface area contributed by atoms with Gasteiger partial charge in [-0.3, -0.25) is 4.79 Å². The van der Waals surface area contributed by atoms with E-state index in [1.54, 1.807) is 36.4 Å². The molecule has 0 aliphatic carbocycles. The molecule has 4 nitrogen and oxygen atoms in total. The lowest BCUT2D eigenvalue weighted by molar-refractivity contribution is 0.0699. The molecule has 1 amide bonds. The number of carboxylic acid groups (broad SMARTS) is 1. The summed E-state index contributed by atoms with van der Waals surface area (Å²) in [6.07, 6.45) is 0. The number of carbonyl (C=O) groups excluding carboxylic acids is 1. The first-order valence-corrected chi connectivity index (χ1v) is 7.68. The Morgan fingerprint density at radius 3 is 2.30 bits per heavy atom. The number of hydrogen-bond acceptors (Lipinski definition) is 2. The highest BCUT2D eigenvalue weighted by Crippen LogP contribution is 2.30. The topological polar surface area (TPSA) is 66.4 Å². The number of anilines is 1. The minimum atomic E-state index is -1.07. The van der Waals surface area contributed by atoms with E-state index in [4.69, 9.17) is 0 Å². The molecule has 0 saturated heterocycles. The Hall–Kier alpha value is -2.66. The molecule has 0 radical (unpaired) electrons. The van der Waals surface area contributed by atoms with Crippen LogP contribution in [0.15, 0.2) is 65.1 Å². The molecule has 3 rings (SSSR count). The van der Waals surface area contributed by atoms with E-state index in [2.05, 4.69) is 21.2 Å². The van der Waals surface area contributed by atoms with Crippen LogP contribution in [-0.4, -0.2) is 17.0 Å². The van der Waals surface area contributed by atoms with Gasteiger partial charge in [-0.2, -0.15) is 0 Å². The molecule has 0 saturated carbocycles. The molecule has 0 bridgehead atoms. The zero-order chi connectivity index (χ0) is 16.4. The van der Waals surface area contributed by atoms with E-state index in [1.807, 2.05) is 18.2 Å². The summed E-state index contributed by atoms with van der Waals surface area (Å²) in [5.74, 6) is -1.41. The molecule has 0 aromatic heterocycles. The van der Waals surface area contributed by atoms with Gasteiger partial charge in [0.25, 0.3) is 5.91 Å². The van der Waals surface area contributed by atoms with Crippen molar-refractivity contribution in [1.82, 2.24) is 0 Å². The molecule has 0 aliphatic rings. The van der Waals surface area contributed by atoms with Crippen LogP contribution in [0.25, 0.3) is 10.8 Å². The summed E-state index contributed by atoms with van der Waals surface area (Å²) in [4.78, 5) is 24.1. The molecule has 0 unspecified atom stereocenters. The molecule has 3 aromatic rings. The average molecular weight is 370 g/mol. The van der Waals surface area contributed by atoms with Crippen molar-refractivity contribution in [2.24, 2.45) is 0 Å². The van der Waals surface area contributed by atoms with Crippen molar-refractivity contribution in [1.29, 1.82) is 0 Å². The number of carboxylic acids is 1. The second-order valence-electron chi connectivity index (χ2n) is 4.95. The van der Waals surface area contributed by atoms with Gasteiger partial charge in [0, 0.05) is 21.1 Å². The molecule has 5 heteroatoms. The Labute approximate surface area is 140 Å². The molecule has 2 N–H and O–H groups in total. The number of para-hydroxylation sites is 1. The number of fused-ring (bicyclic) bond motifs is 1. The third kappa shape index (κ3) is 2.96. The Kier molecular flexibility index (Phi) is 4.12. The van der Waals surface area contributed by atoms with E-state index >= 15 is 0 Å². The highest BCUT2D eigenvalue weighted by molar-refractivity contribution is 9.10. The predicted octanol–water partition coefficient (Wildman–Crippen LogP) is 4.55. The number of benzene rings is 3. The monoisotopic (exact) mass is 369 g/mol. The van der Waals surface area contributed by atoms with E-state index in [0.717, 1.165) is 4.47 Å². The molecule has 0 heterocycles. The molecular weight excluding hydrogens is 358 g/mol. The van der Waals surface area contributed by atoms with Crippen LogP contribution < -0.4 is 5.32 Å². The number of hydrogen-bond donors (Lipinski definition) is 2. The predicted molar refractivity (Wildman–Crippen MR) is 93.0 cm³/mol. The summed E-state index contributed by atoms with van der Waals surface area (Å²) in [5.41, 5.74) is 1.08. The fourth-order valence-corrected chi connectivity index (χ4v) is 2.92. The molecule has 0 atom stereocenters. The van der Waals surface area contributed by atoms with Gasteiger partial charge in [0.1, 0.15) is 0 Å². The number of amides is 1. The van der Waals surface area contributed by atoms with Gasteiger partial charge in [0.15, 0.2) is 0 Å². The molecule has 3 aromatic carbocycles. The first-order valence-electron chi connectivity index (χ1n) is 6.89. The van der Waals surface area contributed by atoms with Crippen LogP contribution in [-0.2, 0) is 0 Å². The smallest absolute Gasteiger partial charge is 0.336 e. The Balaban J connectivity index is 2.15. The largest absolute Gasteiger partial charge is 0.478 e. The standard InChI is InChI=1S/C18H12BrNO3/c19-15-10-9-13(17(21)20-11-5-2-1-3-6-11)16-12(15)7-4-8-14(16)18(22)23/h1-10H,(H,20,21)(H,22,23). The molecule has 0 spiro atoms. The molecule has 0 fully saturated rings. The zero-order valence-corrected chi connectivity index (χ0v) is 13.5. The molecule has 114 valence electrons. The highest BCUT2D eigenvalue weighted by Gasteiger charge is 2.18. The second-order valence-corrected chi connectivity index (χ2v) is 5.80. The van der Waals surface area contributed by atoms with Crippen LogP contribution >= 0.6 is 15.9 Å². The van der Waals surface area contributed by atoms with Crippen LogP contribution in [0.3, 0.4) is 0 Å². The quantitative estimate of drug-likeness (QED) is 0.711. The van der Waals surface area contributed by atoms with Crippen molar-refractivity contribution in [2.75, 3.05) is 5.32 Å². The van der Waals surface area contributed by atoms with Crippen molar-refractivity contribution < 1.29 is 14.7 Å². The van der Waals surface area contributed by atoms with Gasteiger partial charge >= 0.3 is 5.97 Å². The molecule has 0 aliphatic heterocycles. The van der Waals surface area contributed by atoms with Gasteiger partial charge in [-0.15, -0.1) is 0 Å².